The summed E-state index contributed by atoms with van der Waals surface area (Å²) in [5, 5.41) is 0.716. The second kappa shape index (κ2) is 6.69. The molecule has 0 aromatic heterocycles. The molecular formula is C15H14Cl2O3S. The van der Waals surface area contributed by atoms with Gasteiger partial charge in [-0.15, -0.1) is 0 Å². The van der Waals surface area contributed by atoms with Gasteiger partial charge in [0.2, 0.25) is 0 Å². The Labute approximate surface area is 134 Å². The van der Waals surface area contributed by atoms with E-state index < -0.39 is 9.84 Å². The first-order valence-corrected chi connectivity index (χ1v) is 8.75. The first kappa shape index (κ1) is 16.1. The molecule has 0 aliphatic heterocycles. The molecule has 2 aromatic rings. The Bertz CT molecular complexity index is 722. The Kier molecular flexibility index (Phi) is 5.14. The molecule has 112 valence electrons. The fourth-order valence-electron chi connectivity index (χ4n) is 1.96. The van der Waals surface area contributed by atoms with Gasteiger partial charge >= 0.3 is 0 Å². The summed E-state index contributed by atoms with van der Waals surface area (Å²) < 4.78 is 29.7. The van der Waals surface area contributed by atoms with Gasteiger partial charge in [-0.1, -0.05) is 41.4 Å². The highest BCUT2D eigenvalue weighted by atomic mass is 35.5. The predicted octanol–water partition coefficient (Wildman–Crippen LogP) is 4.12. The molecule has 0 unspecified atom stereocenters. The highest BCUT2D eigenvalue weighted by molar-refractivity contribution is 7.89. The zero-order valence-electron chi connectivity index (χ0n) is 11.3. The Morgan fingerprint density at radius 3 is 2.24 bits per heavy atom. The quantitative estimate of drug-likeness (QED) is 0.819. The number of rotatable bonds is 5. The molecule has 0 fully saturated rings. The van der Waals surface area contributed by atoms with E-state index in [1.807, 2.05) is 0 Å². The average molecular weight is 345 g/mol. The van der Waals surface area contributed by atoms with Crippen molar-refractivity contribution in [1.82, 2.24) is 0 Å². The summed E-state index contributed by atoms with van der Waals surface area (Å²) in [6.45, 7) is 0. The maximum atomic E-state index is 12.3. The molecule has 0 aliphatic rings. The maximum Gasteiger partial charge on any atom is 0.158 e. The van der Waals surface area contributed by atoms with Crippen LogP contribution in [0.25, 0.3) is 0 Å². The first-order valence-electron chi connectivity index (χ1n) is 6.17. The molecule has 0 saturated heterocycles. The van der Waals surface area contributed by atoms with E-state index in [1.165, 1.54) is 7.11 Å². The van der Waals surface area contributed by atoms with Crippen molar-refractivity contribution in [3.05, 3.63) is 63.6 Å². The Morgan fingerprint density at radius 2 is 1.62 bits per heavy atom. The number of halogens is 2. The first-order chi connectivity index (χ1) is 9.91. The summed E-state index contributed by atoms with van der Waals surface area (Å²) in [6.07, 6.45) is 0. The van der Waals surface area contributed by atoms with E-state index in [0.29, 0.717) is 26.9 Å². The molecule has 21 heavy (non-hydrogen) atoms. The van der Waals surface area contributed by atoms with Gasteiger partial charge in [0, 0.05) is 15.6 Å². The standard InChI is InChI=1S/C15H14Cl2O3S/c1-20-12-5-2-4-11(8-12)9-21(18,19)10-13-14(16)6-3-7-15(13)17/h2-8H,9-10H2,1H3. The summed E-state index contributed by atoms with van der Waals surface area (Å²) >= 11 is 12.0. The summed E-state index contributed by atoms with van der Waals surface area (Å²) in [4.78, 5) is 0. The normalized spacial score (nSPS) is 11.4. The van der Waals surface area contributed by atoms with Crippen molar-refractivity contribution >= 4 is 33.0 Å². The Balaban J connectivity index is 2.23. The lowest BCUT2D eigenvalue weighted by molar-refractivity contribution is 0.414. The Morgan fingerprint density at radius 1 is 1.00 bits per heavy atom. The maximum absolute atomic E-state index is 12.3. The van der Waals surface area contributed by atoms with Crippen molar-refractivity contribution in [1.29, 1.82) is 0 Å². The molecule has 0 heterocycles. The van der Waals surface area contributed by atoms with Crippen LogP contribution in [-0.2, 0) is 21.3 Å². The molecule has 2 rings (SSSR count). The minimum absolute atomic E-state index is 0.0915. The van der Waals surface area contributed by atoms with Crippen LogP contribution < -0.4 is 4.74 Å². The third-order valence-electron chi connectivity index (χ3n) is 2.95. The van der Waals surface area contributed by atoms with Gasteiger partial charge in [-0.05, 0) is 29.8 Å². The lowest BCUT2D eigenvalue weighted by Crippen LogP contribution is -2.08. The summed E-state index contributed by atoms with van der Waals surface area (Å²) in [5.41, 5.74) is 1.10. The summed E-state index contributed by atoms with van der Waals surface area (Å²) in [5.74, 6) is 0.340. The average Bonchev–Trinajstić information content (AvgIpc) is 2.43. The number of benzene rings is 2. The zero-order chi connectivity index (χ0) is 15.5. The molecule has 0 N–H and O–H groups in total. The highest BCUT2D eigenvalue weighted by Gasteiger charge is 2.17. The number of hydrogen-bond acceptors (Lipinski definition) is 3. The van der Waals surface area contributed by atoms with Gasteiger partial charge < -0.3 is 4.74 Å². The zero-order valence-corrected chi connectivity index (χ0v) is 13.7. The van der Waals surface area contributed by atoms with Crippen LogP contribution in [-0.4, -0.2) is 15.5 Å². The third kappa shape index (κ3) is 4.37. The smallest absolute Gasteiger partial charge is 0.158 e. The molecular weight excluding hydrogens is 331 g/mol. The Hall–Kier alpha value is -1.23. The van der Waals surface area contributed by atoms with E-state index in [2.05, 4.69) is 0 Å². The minimum atomic E-state index is -3.38. The largest absolute Gasteiger partial charge is 0.497 e. The van der Waals surface area contributed by atoms with Gasteiger partial charge in [0.15, 0.2) is 9.84 Å². The molecule has 0 aliphatic carbocycles. The van der Waals surface area contributed by atoms with Crippen LogP contribution in [0.5, 0.6) is 5.75 Å². The molecule has 3 nitrogen and oxygen atoms in total. The van der Waals surface area contributed by atoms with Crippen molar-refractivity contribution in [2.45, 2.75) is 11.5 Å². The van der Waals surface area contributed by atoms with E-state index in [9.17, 15) is 8.42 Å². The number of sulfone groups is 1. The molecule has 0 atom stereocenters. The molecule has 0 saturated carbocycles. The second-order valence-corrected chi connectivity index (χ2v) is 7.46. The van der Waals surface area contributed by atoms with Gasteiger partial charge in [0.1, 0.15) is 5.75 Å². The monoisotopic (exact) mass is 344 g/mol. The van der Waals surface area contributed by atoms with E-state index in [1.54, 1.807) is 42.5 Å². The lowest BCUT2D eigenvalue weighted by Gasteiger charge is -2.09. The molecule has 0 radical (unpaired) electrons. The van der Waals surface area contributed by atoms with E-state index in [4.69, 9.17) is 27.9 Å². The van der Waals surface area contributed by atoms with Crippen LogP contribution in [0.1, 0.15) is 11.1 Å². The van der Waals surface area contributed by atoms with Gasteiger partial charge in [-0.25, -0.2) is 8.42 Å². The summed E-state index contributed by atoms with van der Waals surface area (Å²) in [6, 6.07) is 11.9. The van der Waals surface area contributed by atoms with Crippen LogP contribution >= 0.6 is 23.2 Å². The fraction of sp³-hybridized carbons (Fsp3) is 0.200. The highest BCUT2D eigenvalue weighted by Crippen LogP contribution is 2.27. The third-order valence-corrected chi connectivity index (χ3v) is 5.16. The van der Waals surface area contributed by atoms with Gasteiger partial charge in [0.25, 0.3) is 0 Å². The van der Waals surface area contributed by atoms with Crippen LogP contribution in [0.3, 0.4) is 0 Å². The molecule has 6 heteroatoms. The van der Waals surface area contributed by atoms with Crippen molar-refractivity contribution in [3.8, 4) is 5.75 Å². The topological polar surface area (TPSA) is 43.4 Å². The molecule has 0 spiro atoms. The SMILES string of the molecule is COc1cccc(CS(=O)(=O)Cc2c(Cl)cccc2Cl)c1. The minimum Gasteiger partial charge on any atom is -0.497 e. The van der Waals surface area contributed by atoms with Crippen LogP contribution in [0.4, 0.5) is 0 Å². The van der Waals surface area contributed by atoms with E-state index in [0.717, 1.165) is 0 Å². The van der Waals surface area contributed by atoms with Crippen LogP contribution in [0.15, 0.2) is 42.5 Å². The van der Waals surface area contributed by atoms with Gasteiger partial charge in [-0.2, -0.15) is 0 Å². The van der Waals surface area contributed by atoms with Crippen molar-refractivity contribution < 1.29 is 13.2 Å². The fourth-order valence-corrected chi connectivity index (χ4v) is 4.19. The van der Waals surface area contributed by atoms with E-state index >= 15 is 0 Å². The number of ether oxygens (including phenoxy) is 1. The molecule has 0 amide bonds. The van der Waals surface area contributed by atoms with E-state index in [-0.39, 0.29) is 11.5 Å². The van der Waals surface area contributed by atoms with Gasteiger partial charge in [-0.3, -0.25) is 0 Å². The summed E-state index contributed by atoms with van der Waals surface area (Å²) in [7, 11) is -1.84. The van der Waals surface area contributed by atoms with Crippen molar-refractivity contribution in [2.24, 2.45) is 0 Å². The molecule has 0 bridgehead atoms. The number of methoxy groups -OCH3 is 1. The lowest BCUT2D eigenvalue weighted by atomic mass is 10.2. The molecule has 2 aromatic carbocycles. The van der Waals surface area contributed by atoms with Crippen LogP contribution in [0, 0.1) is 0 Å². The second-order valence-electron chi connectivity index (χ2n) is 4.58. The van der Waals surface area contributed by atoms with Crippen molar-refractivity contribution in [2.75, 3.05) is 7.11 Å². The predicted molar refractivity (Wildman–Crippen MR) is 85.8 cm³/mol. The van der Waals surface area contributed by atoms with Crippen LogP contribution in [0.2, 0.25) is 10.0 Å². The number of hydrogen-bond donors (Lipinski definition) is 0. The van der Waals surface area contributed by atoms with Crippen molar-refractivity contribution in [3.63, 3.8) is 0 Å². The van der Waals surface area contributed by atoms with Gasteiger partial charge in [0.05, 0.1) is 18.6 Å².